The average Bonchev–Trinajstić information content (AvgIpc) is 2.65. The Kier molecular flexibility index (Phi) is 5.78. The Morgan fingerprint density at radius 3 is 2.10 bits per heavy atom. The quantitative estimate of drug-likeness (QED) is 0.179. The lowest BCUT2D eigenvalue weighted by molar-refractivity contribution is -0.114. The first-order valence-corrected chi connectivity index (χ1v) is 11.4. The fourth-order valence-electron chi connectivity index (χ4n) is 2.89. The summed E-state index contributed by atoms with van der Waals surface area (Å²) < 4.78 is 66.1. The molecular weight excluding hydrogens is 450 g/mol. The minimum atomic E-state index is -4.90. The molecule has 0 fully saturated rings. The summed E-state index contributed by atoms with van der Waals surface area (Å²) in [7, 11) is -9.64. The van der Waals surface area contributed by atoms with Crippen LogP contribution >= 0.6 is 0 Å². The maximum absolute atomic E-state index is 11.9. The van der Waals surface area contributed by atoms with Gasteiger partial charge in [0.2, 0.25) is 5.91 Å². The van der Waals surface area contributed by atoms with Crippen molar-refractivity contribution in [2.75, 3.05) is 16.2 Å². The van der Waals surface area contributed by atoms with Gasteiger partial charge in [-0.25, -0.2) is 0 Å². The molecular formula is C18H17N3O8S2. The third kappa shape index (κ3) is 4.86. The number of fused-ring (bicyclic) bond motifs is 1. The van der Waals surface area contributed by atoms with Gasteiger partial charge >= 0.3 is 0 Å². The Morgan fingerprint density at radius 2 is 1.55 bits per heavy atom. The van der Waals surface area contributed by atoms with Gasteiger partial charge in [0, 0.05) is 12.3 Å². The van der Waals surface area contributed by atoms with E-state index < -0.39 is 47.4 Å². The smallest absolute Gasteiger partial charge is 0.296 e. The van der Waals surface area contributed by atoms with Crippen molar-refractivity contribution in [3.8, 4) is 5.75 Å². The van der Waals surface area contributed by atoms with Gasteiger partial charge in [-0.15, -0.1) is 0 Å². The van der Waals surface area contributed by atoms with E-state index in [9.17, 15) is 35.8 Å². The lowest BCUT2D eigenvalue weighted by atomic mass is 10.1. The predicted octanol–water partition coefficient (Wildman–Crippen LogP) is 2.44. The molecule has 0 radical (unpaired) electrons. The van der Waals surface area contributed by atoms with Crippen LogP contribution in [0.4, 0.5) is 17.1 Å². The van der Waals surface area contributed by atoms with E-state index in [0.717, 1.165) is 25.1 Å². The van der Waals surface area contributed by atoms with E-state index in [1.165, 1.54) is 0 Å². The molecule has 1 amide bonds. The maximum atomic E-state index is 11.9. The highest BCUT2D eigenvalue weighted by Crippen LogP contribution is 2.43. The zero-order valence-corrected chi connectivity index (χ0v) is 17.5. The largest absolute Gasteiger partial charge is 0.505 e. The second kappa shape index (κ2) is 8.03. The van der Waals surface area contributed by atoms with Crippen LogP contribution in [-0.2, 0) is 25.0 Å². The van der Waals surface area contributed by atoms with Crippen LogP contribution in [0.5, 0.6) is 5.75 Å². The van der Waals surface area contributed by atoms with Crippen LogP contribution in [0, 0.1) is 0 Å². The summed E-state index contributed by atoms with van der Waals surface area (Å²) in [5.41, 5.74) is 5.00. The predicted molar refractivity (Wildman–Crippen MR) is 113 cm³/mol. The van der Waals surface area contributed by atoms with Gasteiger partial charge in [0.15, 0.2) is 5.75 Å². The summed E-state index contributed by atoms with van der Waals surface area (Å²) in [5.74, 6) is -1.33. The van der Waals surface area contributed by atoms with Crippen LogP contribution in [0.25, 0.3) is 10.8 Å². The standard InChI is InChI=1S/C18H17N3O8S2/c1-10(22)19-14-9-13(30(24,25)26)7-11-8-15(31(27,28)29)17(18(23)16(11)14)21-20-12-5-3-2-4-6-12/h2-9,20-21,23H,1H3,(H,19,22)(H,24,25,26)(H,27,28,29). The second-order valence-electron chi connectivity index (χ2n) is 6.41. The summed E-state index contributed by atoms with van der Waals surface area (Å²) >= 11 is 0. The van der Waals surface area contributed by atoms with E-state index in [0.29, 0.717) is 5.69 Å². The van der Waals surface area contributed by atoms with Crippen LogP contribution < -0.4 is 16.2 Å². The first-order valence-electron chi connectivity index (χ1n) is 8.51. The van der Waals surface area contributed by atoms with E-state index in [1.807, 2.05) is 0 Å². The maximum Gasteiger partial charge on any atom is 0.296 e. The zero-order chi connectivity index (χ0) is 23.0. The molecule has 0 aliphatic heterocycles. The van der Waals surface area contributed by atoms with E-state index in [-0.39, 0.29) is 16.5 Å². The van der Waals surface area contributed by atoms with Crippen molar-refractivity contribution in [3.63, 3.8) is 0 Å². The van der Waals surface area contributed by atoms with Gasteiger partial charge in [0.25, 0.3) is 20.2 Å². The number of benzene rings is 3. The number of rotatable bonds is 6. The lowest BCUT2D eigenvalue weighted by Gasteiger charge is -2.18. The number of anilines is 3. The third-order valence-corrected chi connectivity index (χ3v) is 5.85. The molecule has 3 aromatic carbocycles. The number of carbonyl (C=O) groups is 1. The number of hydrazine groups is 1. The van der Waals surface area contributed by atoms with E-state index in [4.69, 9.17) is 0 Å². The number of amides is 1. The molecule has 0 aliphatic carbocycles. The van der Waals surface area contributed by atoms with Crippen LogP contribution in [0.3, 0.4) is 0 Å². The molecule has 0 bridgehead atoms. The molecule has 13 heteroatoms. The van der Waals surface area contributed by atoms with Crippen molar-refractivity contribution in [2.45, 2.75) is 16.7 Å². The zero-order valence-electron chi connectivity index (χ0n) is 15.8. The highest BCUT2D eigenvalue weighted by molar-refractivity contribution is 7.86. The number of phenolic OH excluding ortho intramolecular Hbond substituents is 1. The second-order valence-corrected chi connectivity index (χ2v) is 9.23. The van der Waals surface area contributed by atoms with Crippen LogP contribution in [0.2, 0.25) is 0 Å². The highest BCUT2D eigenvalue weighted by Gasteiger charge is 2.25. The molecule has 0 unspecified atom stereocenters. The molecule has 3 aromatic rings. The van der Waals surface area contributed by atoms with Gasteiger partial charge in [0.05, 0.1) is 16.3 Å². The lowest BCUT2D eigenvalue weighted by Crippen LogP contribution is -2.14. The minimum absolute atomic E-state index is 0.132. The number of phenols is 1. The van der Waals surface area contributed by atoms with Crippen molar-refractivity contribution in [1.82, 2.24) is 0 Å². The Hall–Kier alpha value is -3.39. The van der Waals surface area contributed by atoms with E-state index in [2.05, 4.69) is 16.2 Å². The van der Waals surface area contributed by atoms with Gasteiger partial charge in [-0.2, -0.15) is 16.8 Å². The Bertz CT molecular complexity index is 1390. The number of hydrogen-bond acceptors (Lipinski definition) is 8. The van der Waals surface area contributed by atoms with Gasteiger partial charge in [-0.05, 0) is 35.7 Å². The molecule has 3 rings (SSSR count). The number of carbonyl (C=O) groups excluding carboxylic acids is 1. The van der Waals surface area contributed by atoms with Crippen molar-refractivity contribution < 1.29 is 35.8 Å². The van der Waals surface area contributed by atoms with Crippen LogP contribution in [0.1, 0.15) is 6.92 Å². The molecule has 31 heavy (non-hydrogen) atoms. The monoisotopic (exact) mass is 467 g/mol. The number of nitrogens with one attached hydrogen (secondary N) is 3. The summed E-state index contributed by atoms with van der Waals surface area (Å²) in [6.07, 6.45) is 0. The number of para-hydroxylation sites is 1. The van der Waals surface area contributed by atoms with Crippen LogP contribution in [-0.4, -0.2) is 37.0 Å². The minimum Gasteiger partial charge on any atom is -0.505 e. The number of aromatic hydroxyl groups is 1. The van der Waals surface area contributed by atoms with Crippen molar-refractivity contribution in [3.05, 3.63) is 48.5 Å². The average molecular weight is 467 g/mol. The van der Waals surface area contributed by atoms with Gasteiger partial charge in [-0.3, -0.25) is 19.3 Å². The van der Waals surface area contributed by atoms with Gasteiger partial charge in [0.1, 0.15) is 10.6 Å². The first-order chi connectivity index (χ1) is 14.4. The summed E-state index contributed by atoms with van der Waals surface area (Å²) in [6, 6.07) is 11.1. The van der Waals surface area contributed by atoms with Crippen molar-refractivity contribution in [1.29, 1.82) is 0 Å². The van der Waals surface area contributed by atoms with Crippen LogP contribution in [0.15, 0.2) is 58.3 Å². The normalized spacial score (nSPS) is 11.8. The Balaban J connectivity index is 2.32. The molecule has 0 aromatic heterocycles. The highest BCUT2D eigenvalue weighted by atomic mass is 32.2. The summed E-state index contributed by atoms with van der Waals surface area (Å²) in [4.78, 5) is 10.1. The number of hydrogen-bond donors (Lipinski definition) is 6. The molecule has 0 saturated heterocycles. The summed E-state index contributed by atoms with van der Waals surface area (Å²) in [6.45, 7) is 1.13. The molecule has 0 saturated carbocycles. The molecule has 6 N–H and O–H groups in total. The molecule has 0 aliphatic rings. The molecule has 0 spiro atoms. The Labute approximate surface area is 177 Å². The first kappa shape index (κ1) is 22.3. The van der Waals surface area contributed by atoms with Crippen molar-refractivity contribution in [2.24, 2.45) is 0 Å². The molecule has 0 atom stereocenters. The fraction of sp³-hybridized carbons (Fsp3) is 0.0556. The summed E-state index contributed by atoms with van der Waals surface area (Å²) in [5, 5.41) is 12.8. The SMILES string of the molecule is CC(=O)Nc1cc(S(=O)(=O)O)cc2cc(S(=O)(=O)O)c(NNc3ccccc3)c(O)c12. The van der Waals surface area contributed by atoms with Gasteiger partial charge < -0.3 is 15.8 Å². The molecule has 11 nitrogen and oxygen atoms in total. The molecule has 0 heterocycles. The van der Waals surface area contributed by atoms with Gasteiger partial charge in [-0.1, -0.05) is 18.2 Å². The van der Waals surface area contributed by atoms with E-state index in [1.54, 1.807) is 30.3 Å². The van der Waals surface area contributed by atoms with E-state index >= 15 is 0 Å². The Morgan fingerprint density at radius 1 is 0.903 bits per heavy atom. The third-order valence-electron chi connectivity index (χ3n) is 4.14. The topological polar surface area (TPSA) is 182 Å². The fourth-order valence-corrected chi connectivity index (χ4v) is 4.11. The van der Waals surface area contributed by atoms with Crippen molar-refractivity contribution >= 4 is 54.0 Å². The molecule has 164 valence electrons.